The third kappa shape index (κ3) is 1.35. The number of oxazole rings is 1. The second-order valence-corrected chi connectivity index (χ2v) is 2.36. The lowest BCUT2D eigenvalue weighted by molar-refractivity contribution is 0.120. The molecular formula is C7H9N2O2. The van der Waals surface area contributed by atoms with Crippen molar-refractivity contribution >= 4 is 6.01 Å². The quantitative estimate of drug-likeness (QED) is 0.582. The minimum Gasteiger partial charge on any atom is -0.420 e. The second-order valence-electron chi connectivity index (χ2n) is 2.36. The molecule has 59 valence electrons. The van der Waals surface area contributed by atoms with Crippen LogP contribution in [0.1, 0.15) is 0 Å². The van der Waals surface area contributed by atoms with Crippen molar-refractivity contribution in [3.63, 3.8) is 0 Å². The molecule has 1 radical (unpaired) electrons. The van der Waals surface area contributed by atoms with Gasteiger partial charge in [0.15, 0.2) is 6.26 Å². The zero-order valence-electron chi connectivity index (χ0n) is 6.12. The average Bonchev–Trinajstić information content (AvgIpc) is 2.58. The molecule has 2 heterocycles. The summed E-state index contributed by atoms with van der Waals surface area (Å²) in [6.45, 7) is 3.22. The highest BCUT2D eigenvalue weighted by Crippen LogP contribution is 2.10. The van der Waals surface area contributed by atoms with Crippen molar-refractivity contribution in [1.29, 1.82) is 0 Å². The van der Waals surface area contributed by atoms with Gasteiger partial charge in [0.05, 0.1) is 19.4 Å². The van der Waals surface area contributed by atoms with Crippen LogP contribution in [0.5, 0.6) is 0 Å². The number of nitrogens with zero attached hydrogens (tertiary/aromatic N) is 2. The Labute approximate surface area is 64.8 Å². The van der Waals surface area contributed by atoms with E-state index in [-0.39, 0.29) is 0 Å². The molecule has 1 fully saturated rings. The average molecular weight is 153 g/mol. The van der Waals surface area contributed by atoms with Crippen molar-refractivity contribution in [2.75, 3.05) is 31.2 Å². The first-order valence-electron chi connectivity index (χ1n) is 3.61. The Kier molecular flexibility index (Phi) is 1.77. The lowest BCUT2D eigenvalue weighted by Gasteiger charge is -2.24. The van der Waals surface area contributed by atoms with Gasteiger partial charge in [-0.1, -0.05) is 0 Å². The summed E-state index contributed by atoms with van der Waals surface area (Å²) in [6.07, 6.45) is 4.09. The summed E-state index contributed by atoms with van der Waals surface area (Å²) in [4.78, 5) is 6.03. The molecule has 0 amide bonds. The van der Waals surface area contributed by atoms with Crippen LogP contribution in [-0.4, -0.2) is 31.3 Å². The van der Waals surface area contributed by atoms with Crippen molar-refractivity contribution in [3.05, 3.63) is 12.5 Å². The Bertz CT molecular complexity index is 204. The van der Waals surface area contributed by atoms with Crippen LogP contribution in [0, 0.1) is 6.26 Å². The topological polar surface area (TPSA) is 38.5 Å². The molecule has 0 atom stereocenters. The molecule has 1 aromatic rings. The van der Waals surface area contributed by atoms with E-state index in [4.69, 9.17) is 9.15 Å². The van der Waals surface area contributed by atoms with Gasteiger partial charge in [-0.15, -0.1) is 0 Å². The molecule has 1 aromatic heterocycles. The SMILES string of the molecule is [c]1cnc(N2CCOCC2)o1. The third-order valence-corrected chi connectivity index (χ3v) is 1.66. The molecule has 2 rings (SSSR count). The number of ether oxygens (including phenoxy) is 1. The maximum absolute atomic E-state index is 5.18. The van der Waals surface area contributed by atoms with Gasteiger partial charge in [-0.3, -0.25) is 0 Å². The molecule has 1 saturated heterocycles. The summed E-state index contributed by atoms with van der Waals surface area (Å²) in [7, 11) is 0. The van der Waals surface area contributed by atoms with Crippen LogP contribution < -0.4 is 4.90 Å². The molecule has 11 heavy (non-hydrogen) atoms. The van der Waals surface area contributed by atoms with E-state index in [1.165, 1.54) is 6.20 Å². The van der Waals surface area contributed by atoms with E-state index in [1.807, 2.05) is 4.90 Å². The summed E-state index contributed by atoms with van der Waals surface area (Å²) < 4.78 is 10.2. The molecular weight excluding hydrogens is 144 g/mol. The molecule has 0 unspecified atom stereocenters. The van der Waals surface area contributed by atoms with Crippen molar-refractivity contribution in [2.24, 2.45) is 0 Å². The summed E-state index contributed by atoms with van der Waals surface area (Å²) in [5.41, 5.74) is 0. The lowest BCUT2D eigenvalue weighted by Crippen LogP contribution is -2.36. The Morgan fingerprint density at radius 2 is 2.27 bits per heavy atom. The number of hydrogen-bond acceptors (Lipinski definition) is 4. The maximum Gasteiger partial charge on any atom is 0.298 e. The minimum atomic E-state index is 0.647. The molecule has 0 aromatic carbocycles. The minimum absolute atomic E-state index is 0.647. The first kappa shape index (κ1) is 6.67. The first-order valence-corrected chi connectivity index (χ1v) is 3.61. The van der Waals surface area contributed by atoms with E-state index in [0.29, 0.717) is 6.01 Å². The molecule has 0 bridgehead atoms. The molecule has 4 heteroatoms. The van der Waals surface area contributed by atoms with Crippen molar-refractivity contribution in [1.82, 2.24) is 4.98 Å². The van der Waals surface area contributed by atoms with Crippen molar-refractivity contribution in [3.8, 4) is 0 Å². The number of anilines is 1. The van der Waals surface area contributed by atoms with Crippen LogP contribution in [-0.2, 0) is 4.74 Å². The smallest absolute Gasteiger partial charge is 0.298 e. The van der Waals surface area contributed by atoms with E-state index in [9.17, 15) is 0 Å². The van der Waals surface area contributed by atoms with Gasteiger partial charge in [0.25, 0.3) is 6.01 Å². The van der Waals surface area contributed by atoms with Gasteiger partial charge >= 0.3 is 0 Å². The van der Waals surface area contributed by atoms with Crippen LogP contribution >= 0.6 is 0 Å². The van der Waals surface area contributed by atoms with Gasteiger partial charge in [-0.2, -0.15) is 0 Å². The largest absolute Gasteiger partial charge is 0.420 e. The number of rotatable bonds is 1. The molecule has 0 saturated carbocycles. The van der Waals surface area contributed by atoms with E-state index >= 15 is 0 Å². The van der Waals surface area contributed by atoms with Gasteiger partial charge in [0, 0.05) is 13.1 Å². The summed E-state index contributed by atoms with van der Waals surface area (Å²) in [5, 5.41) is 0. The predicted molar refractivity (Wildman–Crippen MR) is 38.4 cm³/mol. The van der Waals surface area contributed by atoms with Gasteiger partial charge in [0.2, 0.25) is 0 Å². The lowest BCUT2D eigenvalue weighted by atomic mass is 10.5. The van der Waals surface area contributed by atoms with Crippen LogP contribution in [0.4, 0.5) is 6.01 Å². The van der Waals surface area contributed by atoms with Gasteiger partial charge < -0.3 is 14.1 Å². The summed E-state index contributed by atoms with van der Waals surface area (Å²) >= 11 is 0. The number of morpholine rings is 1. The van der Waals surface area contributed by atoms with E-state index in [1.54, 1.807) is 0 Å². The van der Waals surface area contributed by atoms with E-state index in [0.717, 1.165) is 26.3 Å². The summed E-state index contributed by atoms with van der Waals surface area (Å²) in [6, 6.07) is 0.647. The maximum atomic E-state index is 5.18. The number of hydrogen-bond donors (Lipinski definition) is 0. The molecule has 1 aliphatic rings. The van der Waals surface area contributed by atoms with Crippen LogP contribution in [0.15, 0.2) is 10.6 Å². The number of aromatic nitrogens is 1. The third-order valence-electron chi connectivity index (χ3n) is 1.66. The predicted octanol–water partition coefficient (Wildman–Crippen LogP) is 0.311. The van der Waals surface area contributed by atoms with Crippen molar-refractivity contribution in [2.45, 2.75) is 0 Å². The Morgan fingerprint density at radius 3 is 2.91 bits per heavy atom. The zero-order chi connectivity index (χ0) is 7.52. The van der Waals surface area contributed by atoms with Crippen LogP contribution in [0.3, 0.4) is 0 Å². The highest BCUT2D eigenvalue weighted by atomic mass is 16.5. The normalized spacial score (nSPS) is 18.7. The zero-order valence-corrected chi connectivity index (χ0v) is 6.12. The van der Waals surface area contributed by atoms with Crippen molar-refractivity contribution < 1.29 is 9.15 Å². The van der Waals surface area contributed by atoms with Crippen LogP contribution in [0.25, 0.3) is 0 Å². The Balaban J connectivity index is 2.04. The fraction of sp³-hybridized carbons (Fsp3) is 0.571. The fourth-order valence-electron chi connectivity index (χ4n) is 1.09. The fourth-order valence-corrected chi connectivity index (χ4v) is 1.09. The first-order chi connectivity index (χ1) is 5.47. The molecule has 1 aliphatic heterocycles. The molecule has 4 nitrogen and oxygen atoms in total. The summed E-state index contributed by atoms with van der Waals surface area (Å²) in [5.74, 6) is 0. The van der Waals surface area contributed by atoms with Crippen LogP contribution in [0.2, 0.25) is 0 Å². The molecule has 0 aliphatic carbocycles. The highest BCUT2D eigenvalue weighted by molar-refractivity contribution is 5.24. The van der Waals surface area contributed by atoms with Gasteiger partial charge in [-0.05, 0) is 0 Å². The highest BCUT2D eigenvalue weighted by Gasteiger charge is 2.13. The second kappa shape index (κ2) is 2.92. The Hall–Kier alpha value is -1.03. The molecule has 0 spiro atoms. The standard InChI is InChI=1S/C7H9N2O2/c1-4-11-7(8-1)9-2-5-10-6-3-9/h1H,2-3,5-6H2. The van der Waals surface area contributed by atoms with Gasteiger partial charge in [0.1, 0.15) is 0 Å². The monoisotopic (exact) mass is 153 g/mol. The van der Waals surface area contributed by atoms with Gasteiger partial charge in [-0.25, -0.2) is 4.98 Å². The van der Waals surface area contributed by atoms with E-state index < -0.39 is 0 Å². The Morgan fingerprint density at radius 1 is 1.45 bits per heavy atom. The molecule has 0 N–H and O–H groups in total. The van der Waals surface area contributed by atoms with E-state index in [2.05, 4.69) is 11.2 Å².